The lowest BCUT2D eigenvalue weighted by atomic mass is 10.4. The van der Waals surface area contributed by atoms with E-state index in [1.807, 2.05) is 0 Å². The van der Waals surface area contributed by atoms with E-state index >= 15 is 0 Å². The van der Waals surface area contributed by atoms with E-state index in [0.29, 0.717) is 0 Å². The molecule has 0 aromatic rings. The average molecular weight is 163 g/mol. The number of alkyl halides is 3. The van der Waals surface area contributed by atoms with Crippen molar-refractivity contribution in [3.8, 4) is 0 Å². The highest BCUT2D eigenvalue weighted by molar-refractivity contribution is 5.55. The SMILES string of the molecule is C=CC=C(N=CC)C(F)(F)F. The van der Waals surface area contributed by atoms with Crippen LogP contribution in [0.1, 0.15) is 6.92 Å². The Morgan fingerprint density at radius 2 is 2.00 bits per heavy atom. The molecule has 0 atom stereocenters. The van der Waals surface area contributed by atoms with Crippen molar-refractivity contribution in [2.75, 3.05) is 0 Å². The lowest BCUT2D eigenvalue weighted by molar-refractivity contribution is -0.0922. The van der Waals surface area contributed by atoms with Gasteiger partial charge in [0.05, 0.1) is 0 Å². The van der Waals surface area contributed by atoms with E-state index in [4.69, 9.17) is 0 Å². The summed E-state index contributed by atoms with van der Waals surface area (Å²) in [7, 11) is 0. The molecule has 0 rings (SSSR count). The van der Waals surface area contributed by atoms with E-state index in [1.165, 1.54) is 6.92 Å². The van der Waals surface area contributed by atoms with Crippen molar-refractivity contribution in [3.63, 3.8) is 0 Å². The molecule has 0 saturated carbocycles. The number of allylic oxidation sites excluding steroid dienone is 3. The first-order valence-corrected chi connectivity index (χ1v) is 2.91. The Morgan fingerprint density at radius 1 is 1.45 bits per heavy atom. The third-order valence-electron chi connectivity index (χ3n) is 0.834. The van der Waals surface area contributed by atoms with E-state index in [2.05, 4.69) is 11.6 Å². The van der Waals surface area contributed by atoms with Crippen LogP contribution in [0.5, 0.6) is 0 Å². The largest absolute Gasteiger partial charge is 0.433 e. The first kappa shape index (κ1) is 9.94. The molecule has 0 bridgehead atoms. The Labute approximate surface area is 62.9 Å². The van der Waals surface area contributed by atoms with E-state index in [9.17, 15) is 13.2 Å². The zero-order valence-electron chi connectivity index (χ0n) is 6.02. The predicted molar refractivity (Wildman–Crippen MR) is 38.5 cm³/mol. The second-order valence-corrected chi connectivity index (χ2v) is 1.67. The molecule has 0 aromatic heterocycles. The summed E-state index contributed by atoms with van der Waals surface area (Å²) < 4.78 is 35.6. The normalized spacial score (nSPS) is 14.0. The third-order valence-corrected chi connectivity index (χ3v) is 0.834. The predicted octanol–water partition coefficient (Wildman–Crippen LogP) is 2.71. The van der Waals surface area contributed by atoms with Crippen LogP contribution >= 0.6 is 0 Å². The maximum absolute atomic E-state index is 11.9. The van der Waals surface area contributed by atoms with Crippen LogP contribution in [0.25, 0.3) is 0 Å². The van der Waals surface area contributed by atoms with Crippen LogP contribution in [0, 0.1) is 0 Å². The lowest BCUT2D eigenvalue weighted by Crippen LogP contribution is -2.09. The molecule has 0 aliphatic rings. The molecule has 0 aliphatic heterocycles. The summed E-state index contributed by atoms with van der Waals surface area (Å²) in [5.74, 6) is 0. The molecule has 0 saturated heterocycles. The molecular formula is C7H8F3N. The van der Waals surface area contributed by atoms with Crippen LogP contribution in [-0.2, 0) is 0 Å². The van der Waals surface area contributed by atoms with Gasteiger partial charge in [-0.05, 0) is 13.0 Å². The molecule has 0 N–H and O–H groups in total. The number of hydrogen-bond acceptors (Lipinski definition) is 1. The van der Waals surface area contributed by atoms with Gasteiger partial charge in [0, 0.05) is 6.21 Å². The first-order chi connectivity index (χ1) is 5.02. The zero-order chi connectivity index (χ0) is 8.91. The lowest BCUT2D eigenvalue weighted by Gasteiger charge is -2.04. The van der Waals surface area contributed by atoms with Gasteiger partial charge in [-0.25, -0.2) is 0 Å². The van der Waals surface area contributed by atoms with Crippen molar-refractivity contribution in [1.29, 1.82) is 0 Å². The number of aliphatic imine (C=N–C) groups is 1. The van der Waals surface area contributed by atoms with Crippen LogP contribution in [0.15, 0.2) is 29.4 Å². The van der Waals surface area contributed by atoms with E-state index in [-0.39, 0.29) is 0 Å². The first-order valence-electron chi connectivity index (χ1n) is 2.91. The fourth-order valence-corrected chi connectivity index (χ4v) is 0.461. The fraction of sp³-hybridized carbons (Fsp3) is 0.286. The van der Waals surface area contributed by atoms with Crippen LogP contribution in [0.3, 0.4) is 0 Å². The van der Waals surface area contributed by atoms with Crippen molar-refractivity contribution < 1.29 is 13.2 Å². The number of halogens is 3. The molecular weight excluding hydrogens is 155 g/mol. The van der Waals surface area contributed by atoms with E-state index < -0.39 is 11.9 Å². The highest BCUT2D eigenvalue weighted by atomic mass is 19.4. The van der Waals surface area contributed by atoms with Gasteiger partial charge in [-0.2, -0.15) is 13.2 Å². The molecule has 0 radical (unpaired) electrons. The molecule has 4 heteroatoms. The smallest absolute Gasteiger partial charge is 0.256 e. The van der Waals surface area contributed by atoms with Gasteiger partial charge < -0.3 is 0 Å². The van der Waals surface area contributed by atoms with Crippen molar-refractivity contribution in [2.24, 2.45) is 4.99 Å². The zero-order valence-corrected chi connectivity index (χ0v) is 6.02. The minimum atomic E-state index is -4.39. The quantitative estimate of drug-likeness (QED) is 0.438. The number of rotatable bonds is 2. The van der Waals surface area contributed by atoms with Crippen molar-refractivity contribution in [3.05, 3.63) is 24.4 Å². The standard InChI is InChI=1S/C7H8F3N/c1-3-5-6(11-4-2)7(8,9)10/h3-5H,1H2,2H3. The van der Waals surface area contributed by atoms with Crippen LogP contribution in [0.4, 0.5) is 13.2 Å². The molecule has 62 valence electrons. The third kappa shape index (κ3) is 3.60. The summed E-state index contributed by atoms with van der Waals surface area (Å²) in [5, 5.41) is 0. The monoisotopic (exact) mass is 163 g/mol. The summed E-state index contributed by atoms with van der Waals surface area (Å²) in [5.41, 5.74) is -0.935. The Morgan fingerprint density at radius 3 is 2.27 bits per heavy atom. The Bertz CT molecular complexity index is 188. The summed E-state index contributed by atoms with van der Waals surface area (Å²) in [6.07, 6.45) is -1.43. The van der Waals surface area contributed by atoms with Crippen LogP contribution in [0.2, 0.25) is 0 Å². The molecule has 0 spiro atoms. The highest BCUT2D eigenvalue weighted by Crippen LogP contribution is 2.25. The second-order valence-electron chi connectivity index (χ2n) is 1.67. The Balaban J connectivity index is 4.61. The molecule has 11 heavy (non-hydrogen) atoms. The van der Waals surface area contributed by atoms with E-state index in [0.717, 1.165) is 18.4 Å². The molecule has 0 aliphatic carbocycles. The molecule has 0 aromatic carbocycles. The van der Waals surface area contributed by atoms with Gasteiger partial charge >= 0.3 is 6.18 Å². The van der Waals surface area contributed by atoms with Gasteiger partial charge in [0.1, 0.15) is 5.70 Å². The van der Waals surface area contributed by atoms with Crippen LogP contribution in [-0.4, -0.2) is 12.4 Å². The van der Waals surface area contributed by atoms with Gasteiger partial charge in [0.25, 0.3) is 0 Å². The van der Waals surface area contributed by atoms with Gasteiger partial charge in [0.15, 0.2) is 0 Å². The molecule has 0 amide bonds. The van der Waals surface area contributed by atoms with Gasteiger partial charge in [-0.1, -0.05) is 12.7 Å². The highest BCUT2D eigenvalue weighted by Gasteiger charge is 2.32. The molecule has 0 unspecified atom stereocenters. The minimum absolute atomic E-state index is 0.819. The molecule has 1 nitrogen and oxygen atoms in total. The van der Waals surface area contributed by atoms with Gasteiger partial charge in [-0.15, -0.1) is 0 Å². The van der Waals surface area contributed by atoms with Gasteiger partial charge in [0.2, 0.25) is 0 Å². The van der Waals surface area contributed by atoms with Crippen molar-refractivity contribution >= 4 is 6.21 Å². The van der Waals surface area contributed by atoms with Crippen molar-refractivity contribution in [1.82, 2.24) is 0 Å². The summed E-state index contributed by atoms with van der Waals surface area (Å²) in [6.45, 7) is 4.57. The van der Waals surface area contributed by atoms with Crippen LogP contribution < -0.4 is 0 Å². The van der Waals surface area contributed by atoms with E-state index in [1.54, 1.807) is 0 Å². The topological polar surface area (TPSA) is 12.4 Å². The van der Waals surface area contributed by atoms with Gasteiger partial charge in [-0.3, -0.25) is 4.99 Å². The average Bonchev–Trinajstić information content (AvgIpc) is 1.85. The van der Waals surface area contributed by atoms with Crippen molar-refractivity contribution in [2.45, 2.75) is 13.1 Å². The fourth-order valence-electron chi connectivity index (χ4n) is 0.461. The Hall–Kier alpha value is -1.06. The number of nitrogens with zero attached hydrogens (tertiary/aromatic N) is 1. The molecule has 0 fully saturated rings. The summed E-state index contributed by atoms with van der Waals surface area (Å²) in [4.78, 5) is 3.12. The minimum Gasteiger partial charge on any atom is -0.256 e. The molecule has 0 heterocycles. The second kappa shape index (κ2) is 3.95. The number of hydrogen-bond donors (Lipinski definition) is 0. The maximum Gasteiger partial charge on any atom is 0.433 e. The Kier molecular flexibility index (Phi) is 3.57. The maximum atomic E-state index is 11.9. The summed E-state index contributed by atoms with van der Waals surface area (Å²) >= 11 is 0. The summed E-state index contributed by atoms with van der Waals surface area (Å²) in [6, 6.07) is 0.